The molecule has 0 bridgehead atoms. The summed E-state index contributed by atoms with van der Waals surface area (Å²) in [5, 5.41) is 11.0. The molecule has 0 aromatic rings. The van der Waals surface area contributed by atoms with E-state index < -0.39 is 0 Å². The summed E-state index contributed by atoms with van der Waals surface area (Å²) in [6, 6.07) is 0. The first-order chi connectivity index (χ1) is 4.18. The second kappa shape index (κ2) is 4.80. The zero-order valence-corrected chi connectivity index (χ0v) is 6.68. The maximum Gasteiger partial charge on any atom is 0.0952 e. The molecule has 1 radical (unpaired) electrons. The van der Waals surface area contributed by atoms with Crippen LogP contribution in [0.3, 0.4) is 0 Å². The Bertz CT molecular complexity index is 59.6. The van der Waals surface area contributed by atoms with Gasteiger partial charge in [-0.3, -0.25) is 0 Å². The molecule has 0 amide bonds. The van der Waals surface area contributed by atoms with E-state index in [0.29, 0.717) is 5.92 Å². The molecule has 9 heavy (non-hydrogen) atoms. The largest absolute Gasteiger partial charge is 0.233 e. The van der Waals surface area contributed by atoms with Crippen LogP contribution in [0, 0.1) is 5.92 Å². The summed E-state index contributed by atoms with van der Waals surface area (Å²) >= 11 is 0. The van der Waals surface area contributed by atoms with Crippen molar-refractivity contribution in [1.82, 2.24) is 0 Å². The lowest BCUT2D eigenvalue weighted by atomic mass is 10.0. The monoisotopic (exact) mass is 129 g/mol. The molecule has 55 valence electrons. The van der Waals surface area contributed by atoms with Gasteiger partial charge in [-0.05, 0) is 12.3 Å². The summed E-state index contributed by atoms with van der Waals surface area (Å²) in [5.41, 5.74) is 0. The molecule has 0 aliphatic carbocycles. The first-order valence-corrected chi connectivity index (χ1v) is 3.84. The summed E-state index contributed by atoms with van der Waals surface area (Å²) in [5.74, 6) is 0.316. The summed E-state index contributed by atoms with van der Waals surface area (Å²) in [4.78, 5) is 0. The van der Waals surface area contributed by atoms with Crippen LogP contribution in [0.4, 0.5) is 0 Å². The highest BCUT2D eigenvalue weighted by Crippen LogP contribution is 2.09. The molecule has 0 saturated heterocycles. The van der Waals surface area contributed by atoms with E-state index in [-0.39, 0.29) is 6.10 Å². The number of unbranched alkanes of at least 4 members (excludes halogenated alkanes) is 1. The van der Waals surface area contributed by atoms with Gasteiger partial charge in [-0.15, -0.1) is 0 Å². The first kappa shape index (κ1) is 8.96. The lowest BCUT2D eigenvalue weighted by Gasteiger charge is -2.09. The van der Waals surface area contributed by atoms with E-state index in [9.17, 15) is 5.11 Å². The second-order valence-electron chi connectivity index (χ2n) is 2.92. The third-order valence-corrected chi connectivity index (χ3v) is 1.59. The minimum atomic E-state index is -0.329. The highest BCUT2D eigenvalue weighted by molar-refractivity contribution is 4.58. The van der Waals surface area contributed by atoms with E-state index in [1.54, 1.807) is 0 Å². The van der Waals surface area contributed by atoms with Gasteiger partial charge in [0.05, 0.1) is 6.10 Å². The molecular formula is C8H17O. The van der Waals surface area contributed by atoms with E-state index in [4.69, 9.17) is 0 Å². The molecule has 1 atom stereocenters. The smallest absolute Gasteiger partial charge is 0.0952 e. The maximum absolute atomic E-state index is 11.0. The topological polar surface area (TPSA) is 19.9 Å². The van der Waals surface area contributed by atoms with Crippen LogP contribution in [0.1, 0.15) is 40.0 Å². The van der Waals surface area contributed by atoms with Crippen molar-refractivity contribution in [3.63, 3.8) is 0 Å². The Morgan fingerprint density at radius 1 is 1.33 bits per heavy atom. The van der Waals surface area contributed by atoms with E-state index in [1.165, 1.54) is 0 Å². The number of hydrogen-bond acceptors (Lipinski definition) is 0. The lowest BCUT2D eigenvalue weighted by molar-refractivity contribution is 0.0409. The Hall–Kier alpha value is -0.0400. The third kappa shape index (κ3) is 4.46. The Balaban J connectivity index is 3.16. The van der Waals surface area contributed by atoms with Gasteiger partial charge in [0, 0.05) is 0 Å². The Kier molecular flexibility index (Phi) is 4.78. The minimum Gasteiger partial charge on any atom is -0.233 e. The van der Waals surface area contributed by atoms with Gasteiger partial charge in [-0.1, -0.05) is 33.6 Å². The quantitative estimate of drug-likeness (QED) is 0.556. The summed E-state index contributed by atoms with van der Waals surface area (Å²) in [7, 11) is 0. The fourth-order valence-corrected chi connectivity index (χ4v) is 0.739. The van der Waals surface area contributed by atoms with Crippen molar-refractivity contribution in [1.29, 1.82) is 0 Å². The number of hydrogen-bond donors (Lipinski definition) is 0. The fraction of sp³-hybridized carbons (Fsp3) is 1.00. The van der Waals surface area contributed by atoms with Crippen molar-refractivity contribution in [2.24, 2.45) is 5.92 Å². The van der Waals surface area contributed by atoms with Gasteiger partial charge in [-0.25, -0.2) is 5.11 Å². The third-order valence-electron chi connectivity index (χ3n) is 1.59. The highest BCUT2D eigenvalue weighted by atomic mass is 16.3. The molecule has 1 nitrogen and oxygen atoms in total. The van der Waals surface area contributed by atoms with Crippen LogP contribution in [0.15, 0.2) is 0 Å². The summed E-state index contributed by atoms with van der Waals surface area (Å²) in [6.07, 6.45) is 2.76. The molecule has 1 heteroatoms. The molecule has 0 aliphatic heterocycles. The van der Waals surface area contributed by atoms with Crippen LogP contribution >= 0.6 is 0 Å². The molecule has 0 aromatic heterocycles. The molecule has 0 spiro atoms. The summed E-state index contributed by atoms with van der Waals surface area (Å²) in [6.45, 7) is 6.10. The van der Waals surface area contributed by atoms with Gasteiger partial charge in [0.25, 0.3) is 0 Å². The van der Waals surface area contributed by atoms with Gasteiger partial charge in [0.15, 0.2) is 0 Å². The molecule has 0 fully saturated rings. The van der Waals surface area contributed by atoms with Gasteiger partial charge in [-0.2, -0.15) is 0 Å². The molecule has 0 rings (SSSR count). The Morgan fingerprint density at radius 3 is 2.22 bits per heavy atom. The van der Waals surface area contributed by atoms with Gasteiger partial charge in [0.2, 0.25) is 0 Å². The van der Waals surface area contributed by atoms with E-state index in [0.717, 1.165) is 19.3 Å². The van der Waals surface area contributed by atoms with Crippen molar-refractivity contribution in [2.45, 2.75) is 46.1 Å². The van der Waals surface area contributed by atoms with E-state index in [1.807, 2.05) is 13.8 Å². The van der Waals surface area contributed by atoms with Crippen molar-refractivity contribution in [3.05, 3.63) is 0 Å². The minimum absolute atomic E-state index is 0.316. The Labute approximate surface area is 58.1 Å². The van der Waals surface area contributed by atoms with Crippen molar-refractivity contribution >= 4 is 0 Å². The average Bonchev–Trinajstić information content (AvgIpc) is 1.82. The van der Waals surface area contributed by atoms with E-state index in [2.05, 4.69) is 6.92 Å². The zero-order valence-electron chi connectivity index (χ0n) is 6.68. The van der Waals surface area contributed by atoms with Crippen LogP contribution in [0.25, 0.3) is 0 Å². The standard InChI is InChI=1S/C8H17O/c1-4-5-6-8(9)7(2)3/h7-8H,4-6H2,1-3H3. The zero-order chi connectivity index (χ0) is 7.28. The average molecular weight is 129 g/mol. The maximum atomic E-state index is 11.0. The summed E-state index contributed by atoms with van der Waals surface area (Å²) < 4.78 is 0. The molecule has 0 aromatic carbocycles. The molecule has 0 N–H and O–H groups in total. The Morgan fingerprint density at radius 2 is 1.89 bits per heavy atom. The molecule has 1 unspecified atom stereocenters. The van der Waals surface area contributed by atoms with E-state index >= 15 is 0 Å². The fourth-order valence-electron chi connectivity index (χ4n) is 0.739. The SMILES string of the molecule is CCCCC([O])C(C)C. The molecule has 0 saturated carbocycles. The van der Waals surface area contributed by atoms with Crippen LogP contribution in [0.2, 0.25) is 0 Å². The number of rotatable bonds is 4. The van der Waals surface area contributed by atoms with Crippen molar-refractivity contribution in [3.8, 4) is 0 Å². The van der Waals surface area contributed by atoms with Crippen LogP contribution < -0.4 is 0 Å². The molecule has 0 heterocycles. The molecule has 0 aliphatic rings. The predicted molar refractivity (Wildman–Crippen MR) is 38.8 cm³/mol. The second-order valence-corrected chi connectivity index (χ2v) is 2.92. The van der Waals surface area contributed by atoms with Crippen molar-refractivity contribution < 1.29 is 5.11 Å². The molecular weight excluding hydrogens is 112 g/mol. The highest BCUT2D eigenvalue weighted by Gasteiger charge is 2.08. The van der Waals surface area contributed by atoms with Crippen LogP contribution in [0.5, 0.6) is 0 Å². The van der Waals surface area contributed by atoms with Gasteiger partial charge in [0.1, 0.15) is 0 Å². The van der Waals surface area contributed by atoms with Crippen LogP contribution in [-0.2, 0) is 5.11 Å². The van der Waals surface area contributed by atoms with Crippen molar-refractivity contribution in [2.75, 3.05) is 0 Å². The van der Waals surface area contributed by atoms with Gasteiger partial charge < -0.3 is 0 Å². The van der Waals surface area contributed by atoms with Gasteiger partial charge >= 0.3 is 0 Å². The first-order valence-electron chi connectivity index (χ1n) is 3.84. The lowest BCUT2D eigenvalue weighted by Crippen LogP contribution is -2.11. The van der Waals surface area contributed by atoms with Crippen LogP contribution in [-0.4, -0.2) is 6.10 Å². The normalized spacial score (nSPS) is 14.3. The predicted octanol–water partition coefficient (Wildman–Crippen LogP) is 2.63.